The van der Waals surface area contributed by atoms with E-state index >= 15 is 0 Å². The quantitative estimate of drug-likeness (QED) is 0.915. The number of rotatable bonds is 3. The van der Waals surface area contributed by atoms with Gasteiger partial charge in [-0.1, -0.05) is 12.1 Å². The Bertz CT molecular complexity index is 656. The van der Waals surface area contributed by atoms with Gasteiger partial charge in [-0.05, 0) is 12.1 Å². The smallest absolute Gasteiger partial charge is 0.317 e. The van der Waals surface area contributed by atoms with Crippen LogP contribution in [-0.2, 0) is 4.79 Å². The molecule has 2 aromatic rings. The highest BCUT2D eigenvalue weighted by Crippen LogP contribution is 2.22. The lowest BCUT2D eigenvalue weighted by atomic mass is 10.1. The molecular weight excluding hydrogens is 307 g/mol. The Morgan fingerprint density at radius 3 is 2.48 bits per heavy atom. The Morgan fingerprint density at radius 2 is 1.86 bits per heavy atom. The predicted molar refractivity (Wildman–Crippen MR) is 71.2 cm³/mol. The van der Waals surface area contributed by atoms with Gasteiger partial charge in [-0.2, -0.15) is 13.2 Å². The van der Waals surface area contributed by atoms with Gasteiger partial charge in [0, 0.05) is 11.6 Å². The second-order valence-electron chi connectivity index (χ2n) is 3.79. The summed E-state index contributed by atoms with van der Waals surface area (Å²) in [6.07, 6.45) is -3.56. The molecule has 0 aliphatic carbocycles. The monoisotopic (exact) mass is 315 g/mol. The molecule has 1 aromatic carbocycles. The van der Waals surface area contributed by atoms with Gasteiger partial charge < -0.3 is 5.32 Å². The van der Waals surface area contributed by atoms with Crippen molar-refractivity contribution < 1.29 is 22.8 Å². The molecule has 0 saturated heterocycles. The molecule has 0 bridgehead atoms. The molecule has 1 heterocycles. The summed E-state index contributed by atoms with van der Waals surface area (Å²) in [4.78, 5) is 26.8. The summed E-state index contributed by atoms with van der Waals surface area (Å²) in [5, 5.41) is 6.03. The fraction of sp³-hybridized carbons (Fsp3) is 0.0833. The van der Waals surface area contributed by atoms with Gasteiger partial charge in [0.25, 0.3) is 5.91 Å². The molecule has 0 spiro atoms. The molecule has 2 N–H and O–H groups in total. The van der Waals surface area contributed by atoms with E-state index in [0.717, 1.165) is 11.3 Å². The summed E-state index contributed by atoms with van der Waals surface area (Å²) < 4.78 is 36.8. The van der Waals surface area contributed by atoms with Crippen molar-refractivity contribution in [3.63, 3.8) is 0 Å². The van der Waals surface area contributed by atoms with Crippen LogP contribution in [0.4, 0.5) is 24.0 Å². The summed E-state index contributed by atoms with van der Waals surface area (Å²) in [6.45, 7) is 0. The van der Waals surface area contributed by atoms with E-state index in [4.69, 9.17) is 0 Å². The fourth-order valence-electron chi connectivity index (χ4n) is 1.43. The van der Waals surface area contributed by atoms with Crippen molar-refractivity contribution in [1.29, 1.82) is 0 Å². The van der Waals surface area contributed by atoms with E-state index in [1.165, 1.54) is 30.5 Å². The Morgan fingerprint density at radius 1 is 1.14 bits per heavy atom. The molecule has 0 aliphatic heterocycles. The van der Waals surface area contributed by atoms with Crippen molar-refractivity contribution in [2.75, 3.05) is 10.6 Å². The number of nitrogens with one attached hydrogen (secondary N) is 2. The number of benzene rings is 1. The summed E-state index contributed by atoms with van der Waals surface area (Å²) in [6, 6.07) is 5.39. The topological polar surface area (TPSA) is 71.1 Å². The number of thiazole rings is 1. The van der Waals surface area contributed by atoms with Crippen LogP contribution in [0.25, 0.3) is 0 Å². The number of amides is 2. The van der Waals surface area contributed by atoms with Crippen molar-refractivity contribution >= 4 is 34.0 Å². The maximum atomic E-state index is 12.3. The summed E-state index contributed by atoms with van der Waals surface area (Å²) in [5.41, 5.74) is -0.320. The molecule has 0 unspecified atom stereocenters. The molecule has 0 saturated carbocycles. The number of halogens is 3. The first-order chi connectivity index (χ1) is 9.88. The van der Waals surface area contributed by atoms with Gasteiger partial charge in [-0.3, -0.25) is 14.9 Å². The Hall–Kier alpha value is -2.42. The number of carbonyl (C=O) groups excluding carboxylic acids is 2. The van der Waals surface area contributed by atoms with Crippen LogP contribution >= 0.6 is 11.3 Å². The van der Waals surface area contributed by atoms with Crippen molar-refractivity contribution in [1.82, 2.24) is 4.98 Å². The number of anilines is 2. The predicted octanol–water partition coefficient (Wildman–Crippen LogP) is 2.90. The standard InChI is InChI=1S/C12H8F3N3O2S/c13-12(14,15)10(20)17-8-4-2-1-3-7(8)9(19)18-11-16-5-6-21-11/h1-6H,(H,17,20)(H,16,18,19). The van der Waals surface area contributed by atoms with Gasteiger partial charge in [-0.25, -0.2) is 4.98 Å². The zero-order chi connectivity index (χ0) is 15.5. The third-order valence-corrected chi connectivity index (χ3v) is 3.02. The second kappa shape index (κ2) is 5.92. The molecule has 5 nitrogen and oxygen atoms in total. The van der Waals surface area contributed by atoms with E-state index < -0.39 is 18.0 Å². The van der Waals surface area contributed by atoms with Crippen molar-refractivity contribution in [2.45, 2.75) is 6.18 Å². The van der Waals surface area contributed by atoms with Crippen LogP contribution in [0.2, 0.25) is 0 Å². The second-order valence-corrected chi connectivity index (χ2v) is 4.68. The first-order valence-corrected chi connectivity index (χ1v) is 6.44. The number of hydrogen-bond acceptors (Lipinski definition) is 4. The lowest BCUT2D eigenvalue weighted by molar-refractivity contribution is -0.167. The van der Waals surface area contributed by atoms with Crippen molar-refractivity contribution in [3.8, 4) is 0 Å². The highest BCUT2D eigenvalue weighted by atomic mass is 32.1. The first kappa shape index (κ1) is 15.0. The third-order valence-electron chi connectivity index (χ3n) is 2.33. The highest BCUT2D eigenvalue weighted by molar-refractivity contribution is 7.13. The van der Waals surface area contributed by atoms with Gasteiger partial charge in [0.15, 0.2) is 5.13 Å². The van der Waals surface area contributed by atoms with Gasteiger partial charge in [0.05, 0.1) is 11.3 Å². The Balaban J connectivity index is 2.20. The molecule has 1 aromatic heterocycles. The Kier molecular flexibility index (Phi) is 4.22. The average molecular weight is 315 g/mol. The van der Waals surface area contributed by atoms with Crippen molar-refractivity contribution in [2.24, 2.45) is 0 Å². The van der Waals surface area contributed by atoms with Crippen LogP contribution in [0.1, 0.15) is 10.4 Å². The maximum Gasteiger partial charge on any atom is 0.471 e. The minimum absolute atomic E-state index is 0.0923. The summed E-state index contributed by atoms with van der Waals surface area (Å²) in [5.74, 6) is -2.81. The number of carbonyl (C=O) groups is 2. The molecule has 21 heavy (non-hydrogen) atoms. The van der Waals surface area contributed by atoms with Gasteiger partial charge >= 0.3 is 12.1 Å². The highest BCUT2D eigenvalue weighted by Gasteiger charge is 2.39. The van der Waals surface area contributed by atoms with E-state index in [1.54, 1.807) is 10.7 Å². The lowest BCUT2D eigenvalue weighted by Crippen LogP contribution is -2.30. The fourth-order valence-corrected chi connectivity index (χ4v) is 1.96. The van der Waals surface area contributed by atoms with E-state index in [9.17, 15) is 22.8 Å². The molecule has 9 heteroatoms. The maximum absolute atomic E-state index is 12.3. The average Bonchev–Trinajstić information content (AvgIpc) is 2.91. The molecule has 2 rings (SSSR count). The van der Waals surface area contributed by atoms with Gasteiger partial charge in [-0.15, -0.1) is 11.3 Å². The first-order valence-electron chi connectivity index (χ1n) is 5.56. The molecular formula is C12H8F3N3O2S. The van der Waals surface area contributed by atoms with Crippen LogP contribution in [0, 0.1) is 0 Å². The molecule has 2 amide bonds. The summed E-state index contributed by atoms with van der Waals surface area (Å²) >= 11 is 1.16. The number of hydrogen-bond donors (Lipinski definition) is 2. The largest absolute Gasteiger partial charge is 0.471 e. The lowest BCUT2D eigenvalue weighted by Gasteiger charge is -2.11. The van der Waals surface area contributed by atoms with Crippen LogP contribution in [0.3, 0.4) is 0 Å². The number of nitrogens with zero attached hydrogens (tertiary/aromatic N) is 1. The third kappa shape index (κ3) is 3.78. The van der Waals surface area contributed by atoms with E-state index in [2.05, 4.69) is 10.3 Å². The summed E-state index contributed by atoms with van der Waals surface area (Å²) in [7, 11) is 0. The molecule has 0 aliphatic rings. The number of para-hydroxylation sites is 1. The minimum Gasteiger partial charge on any atom is -0.317 e. The van der Waals surface area contributed by atoms with Crippen LogP contribution in [0.15, 0.2) is 35.8 Å². The van der Waals surface area contributed by atoms with E-state index in [0.29, 0.717) is 5.13 Å². The molecule has 0 atom stereocenters. The Labute approximate surface area is 120 Å². The van der Waals surface area contributed by atoms with E-state index in [1.807, 2.05) is 0 Å². The normalized spacial score (nSPS) is 11.0. The zero-order valence-corrected chi connectivity index (χ0v) is 11.1. The number of alkyl halides is 3. The van der Waals surface area contributed by atoms with Crippen molar-refractivity contribution in [3.05, 3.63) is 41.4 Å². The molecule has 0 fully saturated rings. The molecule has 0 radical (unpaired) electrons. The van der Waals surface area contributed by atoms with Gasteiger partial charge in [0.2, 0.25) is 0 Å². The molecule has 110 valence electrons. The van der Waals surface area contributed by atoms with Crippen LogP contribution in [0.5, 0.6) is 0 Å². The van der Waals surface area contributed by atoms with Gasteiger partial charge in [0.1, 0.15) is 0 Å². The van der Waals surface area contributed by atoms with Crippen LogP contribution in [-0.4, -0.2) is 23.0 Å². The minimum atomic E-state index is -5.03. The SMILES string of the molecule is O=C(Nc1nccs1)c1ccccc1NC(=O)C(F)(F)F. The zero-order valence-electron chi connectivity index (χ0n) is 10.3. The van der Waals surface area contributed by atoms with Crippen LogP contribution < -0.4 is 10.6 Å². The van der Waals surface area contributed by atoms with E-state index in [-0.39, 0.29) is 11.3 Å². The number of aromatic nitrogens is 1.